The van der Waals surface area contributed by atoms with E-state index >= 15 is 0 Å². The standard InChI is InChI=1S/C15H17F3N2O2/c1-10(8-14(22)20-7-3-6-13(19)21)11-4-2-5-12(9-11)15(16,17)18/h2,4-5,8-9H,3,6-7H2,1H3,(H2,19,21)(H,20,22). The highest BCUT2D eigenvalue weighted by Gasteiger charge is 2.30. The predicted octanol–water partition coefficient (Wildman–Crippen LogP) is 2.49. The highest BCUT2D eigenvalue weighted by atomic mass is 19.4. The molecule has 1 aromatic carbocycles. The molecule has 0 aliphatic carbocycles. The third kappa shape index (κ3) is 5.99. The number of amides is 2. The average Bonchev–Trinajstić information content (AvgIpc) is 2.42. The number of nitrogens with two attached hydrogens (primary N) is 1. The fraction of sp³-hybridized carbons (Fsp3) is 0.333. The topological polar surface area (TPSA) is 72.2 Å². The molecule has 0 fully saturated rings. The molecule has 0 saturated carbocycles. The van der Waals surface area contributed by atoms with Gasteiger partial charge in [0.05, 0.1) is 5.56 Å². The zero-order valence-corrected chi connectivity index (χ0v) is 12.0. The Hall–Kier alpha value is -2.31. The Kier molecular flexibility index (Phi) is 6.15. The molecule has 0 aliphatic rings. The first-order valence-electron chi connectivity index (χ1n) is 6.62. The molecule has 0 bridgehead atoms. The first-order chi connectivity index (χ1) is 10.2. The second-order valence-electron chi connectivity index (χ2n) is 4.77. The molecule has 4 nitrogen and oxygen atoms in total. The van der Waals surface area contributed by atoms with Crippen LogP contribution in [0.1, 0.15) is 30.9 Å². The molecule has 120 valence electrons. The van der Waals surface area contributed by atoms with E-state index in [4.69, 9.17) is 5.73 Å². The summed E-state index contributed by atoms with van der Waals surface area (Å²) >= 11 is 0. The second kappa shape index (κ2) is 7.63. The minimum atomic E-state index is -4.42. The first kappa shape index (κ1) is 17.7. The lowest BCUT2D eigenvalue weighted by atomic mass is 10.0. The number of primary amides is 1. The summed E-state index contributed by atoms with van der Waals surface area (Å²) < 4.78 is 37.9. The molecule has 0 heterocycles. The fourth-order valence-corrected chi connectivity index (χ4v) is 1.75. The maximum atomic E-state index is 12.6. The highest BCUT2D eigenvalue weighted by Crippen LogP contribution is 2.30. The fourth-order valence-electron chi connectivity index (χ4n) is 1.75. The van der Waals surface area contributed by atoms with E-state index in [1.165, 1.54) is 18.2 Å². The summed E-state index contributed by atoms with van der Waals surface area (Å²) in [6.45, 7) is 1.83. The zero-order chi connectivity index (χ0) is 16.8. The second-order valence-corrected chi connectivity index (χ2v) is 4.77. The summed E-state index contributed by atoms with van der Waals surface area (Å²) in [6.07, 6.45) is -2.62. The van der Waals surface area contributed by atoms with Crippen molar-refractivity contribution in [1.29, 1.82) is 0 Å². The molecule has 0 spiro atoms. The van der Waals surface area contributed by atoms with Crippen LogP contribution in [0.3, 0.4) is 0 Å². The van der Waals surface area contributed by atoms with Gasteiger partial charge in [0, 0.05) is 19.0 Å². The summed E-state index contributed by atoms with van der Waals surface area (Å²) in [4.78, 5) is 22.2. The predicted molar refractivity (Wildman–Crippen MR) is 76.5 cm³/mol. The Morgan fingerprint density at radius 2 is 2.00 bits per heavy atom. The van der Waals surface area contributed by atoms with Crippen molar-refractivity contribution >= 4 is 17.4 Å². The Labute approximate surface area is 126 Å². The van der Waals surface area contributed by atoms with Gasteiger partial charge in [-0.15, -0.1) is 0 Å². The van der Waals surface area contributed by atoms with Crippen molar-refractivity contribution in [2.45, 2.75) is 25.9 Å². The van der Waals surface area contributed by atoms with E-state index in [-0.39, 0.29) is 13.0 Å². The molecular formula is C15H17F3N2O2. The van der Waals surface area contributed by atoms with Gasteiger partial charge in [-0.1, -0.05) is 12.1 Å². The number of hydrogen-bond acceptors (Lipinski definition) is 2. The Morgan fingerprint density at radius 3 is 2.59 bits per heavy atom. The van der Waals surface area contributed by atoms with Gasteiger partial charge in [-0.25, -0.2) is 0 Å². The van der Waals surface area contributed by atoms with Crippen LogP contribution in [0.5, 0.6) is 0 Å². The first-order valence-corrected chi connectivity index (χ1v) is 6.62. The summed E-state index contributed by atoms with van der Waals surface area (Å²) in [5.41, 5.74) is 4.93. The number of carbonyl (C=O) groups excluding carboxylic acids is 2. The van der Waals surface area contributed by atoms with Crippen LogP contribution < -0.4 is 11.1 Å². The molecule has 0 aromatic heterocycles. The minimum Gasteiger partial charge on any atom is -0.370 e. The van der Waals surface area contributed by atoms with E-state index in [1.807, 2.05) is 0 Å². The van der Waals surface area contributed by atoms with Crippen LogP contribution in [-0.4, -0.2) is 18.4 Å². The maximum absolute atomic E-state index is 12.6. The summed E-state index contributed by atoms with van der Waals surface area (Å²) in [5.74, 6) is -0.885. The van der Waals surface area contributed by atoms with Crippen LogP contribution in [0.15, 0.2) is 30.3 Å². The third-order valence-corrected chi connectivity index (χ3v) is 2.89. The van der Waals surface area contributed by atoms with Gasteiger partial charge in [0.25, 0.3) is 0 Å². The summed E-state index contributed by atoms with van der Waals surface area (Å²) in [6, 6.07) is 4.76. The van der Waals surface area contributed by atoms with Crippen molar-refractivity contribution in [3.05, 3.63) is 41.5 Å². The van der Waals surface area contributed by atoms with E-state index in [1.54, 1.807) is 6.92 Å². The monoisotopic (exact) mass is 314 g/mol. The smallest absolute Gasteiger partial charge is 0.370 e. The molecule has 2 amide bonds. The van der Waals surface area contributed by atoms with Gasteiger partial charge in [-0.05, 0) is 36.6 Å². The Bertz CT molecular complexity index is 580. The number of carbonyl (C=O) groups is 2. The minimum absolute atomic E-state index is 0.163. The SMILES string of the molecule is CC(=CC(=O)NCCCC(N)=O)c1cccc(C(F)(F)F)c1. The average molecular weight is 314 g/mol. The number of nitrogens with one attached hydrogen (secondary N) is 1. The molecule has 3 N–H and O–H groups in total. The normalized spacial score (nSPS) is 12.1. The van der Waals surface area contributed by atoms with Crippen molar-refractivity contribution in [3.63, 3.8) is 0 Å². The van der Waals surface area contributed by atoms with E-state index < -0.39 is 23.6 Å². The molecular weight excluding hydrogens is 297 g/mol. The number of benzene rings is 1. The molecule has 0 aliphatic heterocycles. The van der Waals surface area contributed by atoms with Crippen LogP contribution >= 0.6 is 0 Å². The molecule has 7 heteroatoms. The number of halogens is 3. The number of rotatable bonds is 6. The lowest BCUT2D eigenvalue weighted by Crippen LogP contribution is -2.23. The van der Waals surface area contributed by atoms with Crippen molar-refractivity contribution in [1.82, 2.24) is 5.32 Å². The Morgan fingerprint density at radius 1 is 1.32 bits per heavy atom. The molecule has 0 unspecified atom stereocenters. The maximum Gasteiger partial charge on any atom is 0.416 e. The third-order valence-electron chi connectivity index (χ3n) is 2.89. The lowest BCUT2D eigenvalue weighted by Gasteiger charge is -2.09. The van der Waals surface area contributed by atoms with Crippen LogP contribution in [0.25, 0.3) is 5.57 Å². The van der Waals surface area contributed by atoms with Gasteiger partial charge in [0.2, 0.25) is 11.8 Å². The molecule has 1 aromatic rings. The van der Waals surface area contributed by atoms with Crippen LogP contribution in [0, 0.1) is 0 Å². The molecule has 0 atom stereocenters. The van der Waals surface area contributed by atoms with E-state index in [0.29, 0.717) is 17.6 Å². The van der Waals surface area contributed by atoms with Crippen LogP contribution in [0.4, 0.5) is 13.2 Å². The van der Waals surface area contributed by atoms with Crippen molar-refractivity contribution in [2.24, 2.45) is 5.73 Å². The van der Waals surface area contributed by atoms with Gasteiger partial charge in [-0.2, -0.15) is 13.2 Å². The van der Waals surface area contributed by atoms with E-state index in [9.17, 15) is 22.8 Å². The van der Waals surface area contributed by atoms with Crippen molar-refractivity contribution in [2.75, 3.05) is 6.54 Å². The Balaban J connectivity index is 2.68. The largest absolute Gasteiger partial charge is 0.416 e. The quantitative estimate of drug-likeness (QED) is 0.625. The lowest BCUT2D eigenvalue weighted by molar-refractivity contribution is -0.137. The molecule has 1 rings (SSSR count). The highest BCUT2D eigenvalue weighted by molar-refractivity contribution is 5.94. The van der Waals surface area contributed by atoms with Gasteiger partial charge in [-0.3, -0.25) is 9.59 Å². The van der Waals surface area contributed by atoms with Gasteiger partial charge >= 0.3 is 6.18 Å². The zero-order valence-electron chi connectivity index (χ0n) is 12.0. The van der Waals surface area contributed by atoms with Crippen LogP contribution in [0.2, 0.25) is 0 Å². The number of hydrogen-bond donors (Lipinski definition) is 2. The van der Waals surface area contributed by atoms with E-state index in [0.717, 1.165) is 12.1 Å². The molecule has 22 heavy (non-hydrogen) atoms. The van der Waals surface area contributed by atoms with Gasteiger partial charge in [0.15, 0.2) is 0 Å². The molecule has 0 radical (unpaired) electrons. The number of alkyl halides is 3. The summed E-state index contributed by atoms with van der Waals surface area (Å²) in [5, 5.41) is 2.54. The summed E-state index contributed by atoms with van der Waals surface area (Å²) in [7, 11) is 0. The van der Waals surface area contributed by atoms with Crippen LogP contribution in [-0.2, 0) is 15.8 Å². The molecule has 0 saturated heterocycles. The van der Waals surface area contributed by atoms with Gasteiger partial charge < -0.3 is 11.1 Å². The van der Waals surface area contributed by atoms with E-state index in [2.05, 4.69) is 5.32 Å². The number of allylic oxidation sites excluding steroid dienone is 1. The van der Waals surface area contributed by atoms with Crippen molar-refractivity contribution < 1.29 is 22.8 Å². The van der Waals surface area contributed by atoms with Crippen molar-refractivity contribution in [3.8, 4) is 0 Å². The van der Waals surface area contributed by atoms with Gasteiger partial charge in [0.1, 0.15) is 0 Å².